The highest BCUT2D eigenvalue weighted by Crippen LogP contribution is 2.42. The Balaban J connectivity index is 1.34. The van der Waals surface area contributed by atoms with Crippen LogP contribution in [0.3, 0.4) is 0 Å². The maximum atomic E-state index is 13.4. The van der Waals surface area contributed by atoms with Crippen LogP contribution in [0.1, 0.15) is 35.2 Å². The fraction of sp³-hybridized carbons (Fsp3) is 0.161. The van der Waals surface area contributed by atoms with Crippen LogP contribution in [-0.4, -0.2) is 30.1 Å². The van der Waals surface area contributed by atoms with Crippen molar-refractivity contribution in [1.82, 2.24) is 0 Å². The molecule has 40 heavy (non-hydrogen) atoms. The molecule has 1 aliphatic heterocycles. The van der Waals surface area contributed by atoms with Crippen LogP contribution in [0, 0.1) is 0 Å². The lowest BCUT2D eigenvalue weighted by atomic mass is 9.93. The minimum Gasteiger partial charge on any atom is -0.493 e. The number of ether oxygens (including phenoxy) is 2. The van der Waals surface area contributed by atoms with E-state index in [1.807, 2.05) is 43.3 Å². The number of hydrogen-bond acceptors (Lipinski definition) is 4. The Morgan fingerprint density at radius 3 is 2.38 bits per heavy atom. The van der Waals surface area contributed by atoms with Gasteiger partial charge >= 0.3 is 5.97 Å². The molecule has 1 amide bonds. The van der Waals surface area contributed by atoms with E-state index >= 15 is 0 Å². The average Bonchev–Trinajstić information content (AvgIpc) is 2.95. The van der Waals surface area contributed by atoms with Gasteiger partial charge in [0.05, 0.1) is 28.3 Å². The second kappa shape index (κ2) is 11.8. The number of rotatable bonds is 7. The zero-order valence-corrected chi connectivity index (χ0v) is 23.6. The summed E-state index contributed by atoms with van der Waals surface area (Å²) in [5.41, 5.74) is 3.27. The standard InChI is InChI=1S/C31H24Cl3NO5/c1-2-35(27-12-9-19(15-25(27)33)21-5-3-4-6-24(21)32)30(36)18-7-10-20(11-8-18)40-29-17-28-23(16-26(29)34)22(31(37)38)13-14-39-28/h3-12,15-17,22H,2,13-14H2,1H3,(H,37,38). The van der Waals surface area contributed by atoms with Crippen molar-refractivity contribution in [1.29, 1.82) is 0 Å². The molecule has 0 aliphatic carbocycles. The first-order valence-corrected chi connectivity index (χ1v) is 13.7. The molecule has 1 heterocycles. The molecule has 1 atom stereocenters. The Kier molecular flexibility index (Phi) is 8.22. The van der Waals surface area contributed by atoms with Gasteiger partial charge in [0, 0.05) is 34.3 Å². The number of benzene rings is 4. The molecule has 9 heteroatoms. The van der Waals surface area contributed by atoms with Crippen LogP contribution in [0.25, 0.3) is 11.1 Å². The van der Waals surface area contributed by atoms with E-state index in [0.29, 0.717) is 63.7 Å². The molecule has 5 rings (SSSR count). The fourth-order valence-corrected chi connectivity index (χ4v) is 5.42. The monoisotopic (exact) mass is 595 g/mol. The Morgan fingerprint density at radius 2 is 1.70 bits per heavy atom. The molecule has 204 valence electrons. The van der Waals surface area contributed by atoms with Crippen molar-refractivity contribution in [2.24, 2.45) is 0 Å². The number of carboxylic acids is 1. The first-order chi connectivity index (χ1) is 19.3. The van der Waals surface area contributed by atoms with E-state index in [2.05, 4.69) is 0 Å². The highest BCUT2D eigenvalue weighted by molar-refractivity contribution is 6.35. The van der Waals surface area contributed by atoms with E-state index in [0.717, 1.165) is 11.1 Å². The molecule has 0 bridgehead atoms. The number of carbonyl (C=O) groups is 2. The number of nitrogens with zero attached hydrogens (tertiary/aromatic N) is 1. The summed E-state index contributed by atoms with van der Waals surface area (Å²) in [6.45, 7) is 2.58. The second-order valence-corrected chi connectivity index (χ2v) is 10.4. The third-order valence-corrected chi connectivity index (χ3v) is 7.64. The maximum absolute atomic E-state index is 13.4. The molecule has 1 unspecified atom stereocenters. The van der Waals surface area contributed by atoms with Gasteiger partial charge in [-0.1, -0.05) is 59.1 Å². The van der Waals surface area contributed by atoms with Gasteiger partial charge in [-0.2, -0.15) is 0 Å². The van der Waals surface area contributed by atoms with Gasteiger partial charge < -0.3 is 19.5 Å². The average molecular weight is 597 g/mol. The minimum atomic E-state index is -0.923. The van der Waals surface area contributed by atoms with Crippen molar-refractivity contribution in [2.75, 3.05) is 18.1 Å². The minimum absolute atomic E-state index is 0.221. The Hall–Kier alpha value is -3.71. The number of anilines is 1. The van der Waals surface area contributed by atoms with Gasteiger partial charge in [-0.15, -0.1) is 0 Å². The third-order valence-electron chi connectivity index (χ3n) is 6.72. The van der Waals surface area contributed by atoms with E-state index < -0.39 is 11.9 Å². The molecular weight excluding hydrogens is 573 g/mol. The lowest BCUT2D eigenvalue weighted by molar-refractivity contribution is -0.139. The quantitative estimate of drug-likeness (QED) is 0.231. The zero-order chi connectivity index (χ0) is 28.4. The maximum Gasteiger partial charge on any atom is 0.311 e. The molecule has 0 aromatic heterocycles. The molecule has 1 N–H and O–H groups in total. The number of amides is 1. The van der Waals surface area contributed by atoms with Crippen LogP contribution < -0.4 is 14.4 Å². The van der Waals surface area contributed by atoms with Crippen LogP contribution in [0.2, 0.25) is 15.1 Å². The Bertz CT molecular complexity index is 1590. The summed E-state index contributed by atoms with van der Waals surface area (Å²) in [5.74, 6) is -0.612. The molecule has 0 radical (unpaired) electrons. The summed E-state index contributed by atoms with van der Waals surface area (Å²) >= 11 is 19.4. The van der Waals surface area contributed by atoms with E-state index in [1.165, 1.54) is 0 Å². The summed E-state index contributed by atoms with van der Waals surface area (Å²) in [6, 6.07) is 22.8. The number of halogens is 3. The summed E-state index contributed by atoms with van der Waals surface area (Å²) in [5, 5.41) is 10.8. The van der Waals surface area contributed by atoms with Gasteiger partial charge in [-0.05, 0) is 67.4 Å². The Labute approximate surface area is 246 Å². The highest BCUT2D eigenvalue weighted by atomic mass is 35.5. The normalized spacial score (nSPS) is 14.2. The zero-order valence-electron chi connectivity index (χ0n) is 21.4. The molecule has 4 aromatic carbocycles. The largest absolute Gasteiger partial charge is 0.493 e. The van der Waals surface area contributed by atoms with Crippen LogP contribution in [-0.2, 0) is 4.79 Å². The van der Waals surface area contributed by atoms with Crippen LogP contribution >= 0.6 is 34.8 Å². The van der Waals surface area contributed by atoms with Gasteiger partial charge in [-0.3, -0.25) is 9.59 Å². The predicted octanol–water partition coefficient (Wildman–Crippen LogP) is 8.72. The summed E-state index contributed by atoms with van der Waals surface area (Å²) in [4.78, 5) is 26.6. The molecule has 0 fully saturated rings. The number of carbonyl (C=O) groups excluding carboxylic acids is 1. The van der Waals surface area contributed by atoms with Crippen molar-refractivity contribution in [3.8, 4) is 28.4 Å². The summed E-state index contributed by atoms with van der Waals surface area (Å²) in [7, 11) is 0. The topological polar surface area (TPSA) is 76.1 Å². The molecule has 0 spiro atoms. The van der Waals surface area contributed by atoms with Crippen molar-refractivity contribution in [3.63, 3.8) is 0 Å². The fourth-order valence-electron chi connectivity index (χ4n) is 4.68. The van der Waals surface area contributed by atoms with Crippen molar-refractivity contribution >= 4 is 52.4 Å². The number of hydrogen-bond donors (Lipinski definition) is 1. The molecule has 6 nitrogen and oxygen atoms in total. The van der Waals surface area contributed by atoms with E-state index in [1.54, 1.807) is 47.4 Å². The first-order valence-electron chi connectivity index (χ1n) is 12.6. The van der Waals surface area contributed by atoms with Crippen molar-refractivity contribution in [3.05, 3.63) is 105 Å². The van der Waals surface area contributed by atoms with Crippen LogP contribution in [0.5, 0.6) is 17.2 Å². The molecule has 1 aliphatic rings. The Morgan fingerprint density at radius 1 is 0.950 bits per heavy atom. The SMILES string of the molecule is CCN(C(=O)c1ccc(Oc2cc3c(cc2Cl)C(C(=O)O)CCO3)cc1)c1ccc(-c2ccccc2Cl)cc1Cl. The number of carboxylic acid groups (broad SMARTS) is 1. The molecular formula is C31H24Cl3NO5. The smallest absolute Gasteiger partial charge is 0.311 e. The lowest BCUT2D eigenvalue weighted by Crippen LogP contribution is -2.30. The molecule has 0 saturated heterocycles. The summed E-state index contributed by atoms with van der Waals surface area (Å²) < 4.78 is 11.6. The lowest BCUT2D eigenvalue weighted by Gasteiger charge is -2.24. The first kappa shape index (κ1) is 27.8. The number of fused-ring (bicyclic) bond motifs is 1. The van der Waals surface area contributed by atoms with Crippen LogP contribution in [0.15, 0.2) is 78.9 Å². The molecule has 4 aromatic rings. The van der Waals surface area contributed by atoms with E-state index in [9.17, 15) is 14.7 Å². The van der Waals surface area contributed by atoms with Crippen molar-refractivity contribution < 1.29 is 24.2 Å². The third kappa shape index (κ3) is 5.61. The molecule has 0 saturated carbocycles. The van der Waals surface area contributed by atoms with Gasteiger partial charge in [-0.25, -0.2) is 0 Å². The van der Waals surface area contributed by atoms with Gasteiger partial charge in [0.1, 0.15) is 17.2 Å². The highest BCUT2D eigenvalue weighted by Gasteiger charge is 2.29. The second-order valence-electron chi connectivity index (χ2n) is 9.17. The van der Waals surface area contributed by atoms with Gasteiger partial charge in [0.2, 0.25) is 0 Å². The summed E-state index contributed by atoms with van der Waals surface area (Å²) in [6.07, 6.45) is 0.375. The van der Waals surface area contributed by atoms with Gasteiger partial charge in [0.15, 0.2) is 0 Å². The predicted molar refractivity (Wildman–Crippen MR) is 158 cm³/mol. The van der Waals surface area contributed by atoms with Crippen molar-refractivity contribution in [2.45, 2.75) is 19.3 Å². The van der Waals surface area contributed by atoms with E-state index in [4.69, 9.17) is 44.3 Å². The number of aliphatic carboxylic acids is 1. The van der Waals surface area contributed by atoms with Gasteiger partial charge in [0.25, 0.3) is 5.91 Å². The van der Waals surface area contributed by atoms with Crippen LogP contribution in [0.4, 0.5) is 5.69 Å². The van der Waals surface area contributed by atoms with E-state index in [-0.39, 0.29) is 10.9 Å².